The van der Waals surface area contributed by atoms with Crippen molar-refractivity contribution < 1.29 is 5.11 Å². The summed E-state index contributed by atoms with van der Waals surface area (Å²) in [6.07, 6.45) is 0. The van der Waals surface area contributed by atoms with E-state index in [0.717, 1.165) is 14.5 Å². The minimum Gasteiger partial charge on any atom is -0.398 e. The first-order valence-corrected chi connectivity index (χ1v) is 4.58. The fraction of sp³-hybridized carbons (Fsp3) is 0.143. The van der Waals surface area contributed by atoms with Crippen molar-refractivity contribution in [3.63, 3.8) is 0 Å². The highest BCUT2D eigenvalue weighted by Gasteiger charge is 2.05. The van der Waals surface area contributed by atoms with E-state index in [9.17, 15) is 0 Å². The molecule has 0 aromatic heterocycles. The Kier molecular flexibility index (Phi) is 2.92. The monoisotopic (exact) mass is 279 g/mol. The Labute approximate surface area is 81.7 Å². The van der Waals surface area contributed by atoms with E-state index in [0.29, 0.717) is 5.69 Å². The third kappa shape index (κ3) is 1.75. The van der Waals surface area contributed by atoms with Crippen LogP contribution in [0.3, 0.4) is 0 Å². The fourth-order valence-electron chi connectivity index (χ4n) is 0.761. The summed E-state index contributed by atoms with van der Waals surface area (Å²) in [7, 11) is 0. The average molecular weight is 281 g/mol. The summed E-state index contributed by atoms with van der Waals surface area (Å²) in [6.45, 7) is -0.0216. The summed E-state index contributed by atoms with van der Waals surface area (Å²) < 4.78 is 1.62. The van der Waals surface area contributed by atoms with Crippen molar-refractivity contribution in [3.8, 4) is 0 Å². The van der Waals surface area contributed by atoms with Gasteiger partial charge in [-0.25, -0.2) is 0 Å². The van der Waals surface area contributed by atoms with Gasteiger partial charge >= 0.3 is 0 Å². The number of benzene rings is 1. The van der Waals surface area contributed by atoms with Crippen molar-refractivity contribution in [1.82, 2.24) is 0 Å². The first-order valence-electron chi connectivity index (χ1n) is 3.00. The van der Waals surface area contributed by atoms with Gasteiger partial charge < -0.3 is 10.8 Å². The van der Waals surface area contributed by atoms with Crippen LogP contribution < -0.4 is 5.73 Å². The number of anilines is 1. The van der Waals surface area contributed by atoms with Gasteiger partial charge in [0.05, 0.1) is 6.61 Å². The summed E-state index contributed by atoms with van der Waals surface area (Å²) in [6, 6.07) is 3.58. The zero-order chi connectivity index (χ0) is 8.43. The first kappa shape index (κ1) is 9.03. The predicted molar refractivity (Wildman–Crippen MR) is 52.2 cm³/mol. The standard InChI is InChI=1S/C7H7Br2NO/c8-5-1-2-6(10)7(9)4(5)3-11/h1-2,11H,3,10H2. The minimum absolute atomic E-state index is 0.0216. The van der Waals surface area contributed by atoms with Gasteiger partial charge in [-0.15, -0.1) is 0 Å². The van der Waals surface area contributed by atoms with Gasteiger partial charge in [-0.2, -0.15) is 0 Å². The van der Waals surface area contributed by atoms with Gasteiger partial charge in [0.1, 0.15) is 0 Å². The van der Waals surface area contributed by atoms with Gasteiger partial charge in [0.2, 0.25) is 0 Å². The Morgan fingerprint density at radius 3 is 2.45 bits per heavy atom. The second-order valence-electron chi connectivity index (χ2n) is 2.09. The fourth-order valence-corrected chi connectivity index (χ4v) is 1.95. The summed E-state index contributed by atoms with van der Waals surface area (Å²) in [5.74, 6) is 0. The van der Waals surface area contributed by atoms with E-state index in [2.05, 4.69) is 31.9 Å². The third-order valence-corrected chi connectivity index (χ3v) is 3.05. The van der Waals surface area contributed by atoms with Gasteiger partial charge in [0, 0.05) is 20.2 Å². The van der Waals surface area contributed by atoms with E-state index >= 15 is 0 Å². The number of nitrogen functional groups attached to an aromatic ring is 1. The maximum Gasteiger partial charge on any atom is 0.0704 e. The summed E-state index contributed by atoms with van der Waals surface area (Å²) in [4.78, 5) is 0. The number of hydrogen-bond donors (Lipinski definition) is 2. The molecule has 1 rings (SSSR count). The molecule has 0 bridgehead atoms. The Balaban J connectivity index is 3.29. The second-order valence-corrected chi connectivity index (χ2v) is 3.73. The molecule has 0 radical (unpaired) electrons. The highest BCUT2D eigenvalue weighted by atomic mass is 79.9. The molecule has 0 heterocycles. The van der Waals surface area contributed by atoms with Crippen molar-refractivity contribution in [2.24, 2.45) is 0 Å². The topological polar surface area (TPSA) is 46.2 Å². The normalized spacial score (nSPS) is 10.1. The van der Waals surface area contributed by atoms with E-state index in [-0.39, 0.29) is 6.61 Å². The molecule has 60 valence electrons. The van der Waals surface area contributed by atoms with E-state index in [1.54, 1.807) is 6.07 Å². The highest BCUT2D eigenvalue weighted by Crippen LogP contribution is 2.30. The molecule has 1 aromatic carbocycles. The zero-order valence-corrected chi connectivity index (χ0v) is 8.81. The Morgan fingerprint density at radius 2 is 2.00 bits per heavy atom. The van der Waals surface area contributed by atoms with Crippen molar-refractivity contribution >= 4 is 37.5 Å². The van der Waals surface area contributed by atoms with Crippen molar-refractivity contribution in [3.05, 3.63) is 26.6 Å². The molecule has 0 aliphatic rings. The lowest BCUT2D eigenvalue weighted by Gasteiger charge is -2.05. The molecule has 0 atom stereocenters. The lowest BCUT2D eigenvalue weighted by Crippen LogP contribution is -1.93. The quantitative estimate of drug-likeness (QED) is 0.776. The second kappa shape index (κ2) is 3.56. The van der Waals surface area contributed by atoms with Gasteiger partial charge in [-0.1, -0.05) is 15.9 Å². The number of aliphatic hydroxyl groups excluding tert-OH is 1. The zero-order valence-electron chi connectivity index (χ0n) is 5.64. The molecule has 0 fully saturated rings. The van der Waals surface area contributed by atoms with Crippen LogP contribution in [0.5, 0.6) is 0 Å². The molecular weight excluding hydrogens is 274 g/mol. The molecule has 0 aliphatic heterocycles. The average Bonchev–Trinajstić information content (AvgIpc) is 1.99. The predicted octanol–water partition coefficient (Wildman–Crippen LogP) is 2.29. The van der Waals surface area contributed by atoms with Crippen LogP contribution in [-0.4, -0.2) is 5.11 Å². The first-order chi connectivity index (χ1) is 5.16. The lowest BCUT2D eigenvalue weighted by atomic mass is 10.2. The maximum absolute atomic E-state index is 8.91. The molecule has 4 heteroatoms. The Hall–Kier alpha value is -0.0600. The van der Waals surface area contributed by atoms with Crippen LogP contribution >= 0.6 is 31.9 Å². The van der Waals surface area contributed by atoms with Crippen molar-refractivity contribution in [2.75, 3.05) is 5.73 Å². The number of aliphatic hydroxyl groups is 1. The number of rotatable bonds is 1. The maximum atomic E-state index is 8.91. The van der Waals surface area contributed by atoms with Gasteiger partial charge in [-0.3, -0.25) is 0 Å². The minimum atomic E-state index is -0.0216. The van der Waals surface area contributed by atoms with Crippen molar-refractivity contribution in [2.45, 2.75) is 6.61 Å². The van der Waals surface area contributed by atoms with Crippen LogP contribution in [0.15, 0.2) is 21.1 Å². The molecule has 1 aromatic rings. The number of hydrogen-bond acceptors (Lipinski definition) is 2. The van der Waals surface area contributed by atoms with Gasteiger partial charge in [0.15, 0.2) is 0 Å². The number of halogens is 2. The summed E-state index contributed by atoms with van der Waals surface area (Å²) >= 11 is 6.57. The van der Waals surface area contributed by atoms with Crippen LogP contribution in [0.1, 0.15) is 5.56 Å². The molecule has 0 saturated heterocycles. The highest BCUT2D eigenvalue weighted by molar-refractivity contribution is 9.11. The van der Waals surface area contributed by atoms with Gasteiger partial charge in [-0.05, 0) is 28.1 Å². The van der Waals surface area contributed by atoms with Crippen molar-refractivity contribution in [1.29, 1.82) is 0 Å². The van der Waals surface area contributed by atoms with E-state index in [1.165, 1.54) is 0 Å². The van der Waals surface area contributed by atoms with Crippen LogP contribution in [0.25, 0.3) is 0 Å². The van der Waals surface area contributed by atoms with Crippen LogP contribution in [-0.2, 0) is 6.61 Å². The van der Waals surface area contributed by atoms with Crippen LogP contribution in [0.2, 0.25) is 0 Å². The largest absolute Gasteiger partial charge is 0.398 e. The summed E-state index contributed by atoms with van der Waals surface area (Å²) in [5, 5.41) is 8.91. The molecule has 11 heavy (non-hydrogen) atoms. The molecule has 0 aliphatic carbocycles. The van der Waals surface area contributed by atoms with E-state index in [1.807, 2.05) is 6.07 Å². The Bertz CT molecular complexity index is 275. The molecule has 2 nitrogen and oxygen atoms in total. The van der Waals surface area contributed by atoms with E-state index < -0.39 is 0 Å². The Morgan fingerprint density at radius 1 is 1.36 bits per heavy atom. The summed E-state index contributed by atoms with van der Waals surface area (Å²) in [5.41, 5.74) is 7.01. The molecule has 0 amide bonds. The lowest BCUT2D eigenvalue weighted by molar-refractivity contribution is 0.280. The molecular formula is C7H7Br2NO. The molecule has 0 spiro atoms. The van der Waals surface area contributed by atoms with Gasteiger partial charge in [0.25, 0.3) is 0 Å². The van der Waals surface area contributed by atoms with Crippen LogP contribution in [0.4, 0.5) is 5.69 Å². The third-order valence-electron chi connectivity index (χ3n) is 1.37. The SMILES string of the molecule is Nc1ccc(Br)c(CO)c1Br. The number of nitrogens with two attached hydrogens (primary N) is 1. The molecule has 0 unspecified atom stereocenters. The van der Waals surface area contributed by atoms with Crippen LogP contribution in [0, 0.1) is 0 Å². The van der Waals surface area contributed by atoms with E-state index in [4.69, 9.17) is 10.8 Å². The molecule has 3 N–H and O–H groups in total. The smallest absolute Gasteiger partial charge is 0.0704 e. The molecule has 0 saturated carbocycles.